The molecule has 0 saturated carbocycles. The topological polar surface area (TPSA) is 92.2 Å². The summed E-state index contributed by atoms with van der Waals surface area (Å²) in [5.74, 6) is 0. The Bertz CT molecular complexity index is 675. The second-order valence-electron chi connectivity index (χ2n) is 3.79. The molecule has 0 bridgehead atoms. The minimum atomic E-state index is -3.65. The van der Waals surface area contributed by atoms with Crippen LogP contribution in [-0.2, 0) is 23.1 Å². The summed E-state index contributed by atoms with van der Waals surface area (Å²) in [5, 5.41) is 17.8. The maximum absolute atomic E-state index is 12.1. The summed E-state index contributed by atoms with van der Waals surface area (Å²) in [6.45, 7) is 3.53. The minimum absolute atomic E-state index is 0.162. The first kappa shape index (κ1) is 14.4. The third-order valence-corrected chi connectivity index (χ3v) is 6.54. The SMILES string of the molecule is CCc1nnc(NS(=O)(=O)c2cc(C)c(CO)s2)s1. The lowest BCUT2D eigenvalue weighted by Gasteiger charge is -2.00. The van der Waals surface area contributed by atoms with Gasteiger partial charge in [-0.1, -0.05) is 18.3 Å². The van der Waals surface area contributed by atoms with Crippen molar-refractivity contribution in [3.63, 3.8) is 0 Å². The smallest absolute Gasteiger partial charge is 0.273 e. The summed E-state index contributed by atoms with van der Waals surface area (Å²) in [4.78, 5) is 0.645. The molecule has 0 spiro atoms. The lowest BCUT2D eigenvalue weighted by Crippen LogP contribution is -2.11. The number of aryl methyl sites for hydroxylation is 2. The zero-order valence-corrected chi connectivity index (χ0v) is 12.8. The van der Waals surface area contributed by atoms with Crippen molar-refractivity contribution >= 4 is 37.8 Å². The van der Waals surface area contributed by atoms with E-state index in [4.69, 9.17) is 5.11 Å². The second kappa shape index (κ2) is 5.53. The Kier molecular flexibility index (Phi) is 4.19. The fourth-order valence-electron chi connectivity index (χ4n) is 1.38. The van der Waals surface area contributed by atoms with Crippen molar-refractivity contribution in [2.45, 2.75) is 31.1 Å². The van der Waals surface area contributed by atoms with Crippen LogP contribution in [0, 0.1) is 6.92 Å². The van der Waals surface area contributed by atoms with Crippen LogP contribution in [-0.4, -0.2) is 23.7 Å². The van der Waals surface area contributed by atoms with E-state index in [1.807, 2.05) is 6.92 Å². The zero-order valence-electron chi connectivity index (χ0n) is 10.4. The number of rotatable bonds is 5. The Labute approximate surface area is 119 Å². The first-order valence-electron chi connectivity index (χ1n) is 5.51. The minimum Gasteiger partial charge on any atom is -0.391 e. The van der Waals surface area contributed by atoms with Crippen LogP contribution in [0.2, 0.25) is 0 Å². The van der Waals surface area contributed by atoms with E-state index in [9.17, 15) is 8.42 Å². The molecule has 2 heterocycles. The molecule has 2 aromatic heterocycles. The normalized spacial score (nSPS) is 11.7. The maximum Gasteiger partial charge on any atom is 0.273 e. The van der Waals surface area contributed by atoms with Gasteiger partial charge >= 0.3 is 0 Å². The summed E-state index contributed by atoms with van der Waals surface area (Å²) in [5.41, 5.74) is 0.763. The Hall–Kier alpha value is -1.03. The number of aromatic nitrogens is 2. The van der Waals surface area contributed by atoms with E-state index in [0.29, 0.717) is 11.3 Å². The predicted octanol–water partition coefficient (Wildman–Crippen LogP) is 1.76. The summed E-state index contributed by atoms with van der Waals surface area (Å²) < 4.78 is 26.8. The van der Waals surface area contributed by atoms with Crippen LogP contribution < -0.4 is 4.72 Å². The van der Waals surface area contributed by atoms with E-state index in [-0.39, 0.29) is 15.9 Å². The van der Waals surface area contributed by atoms with Crippen LogP contribution >= 0.6 is 22.7 Å². The third kappa shape index (κ3) is 3.11. The van der Waals surface area contributed by atoms with Crippen LogP contribution in [0.3, 0.4) is 0 Å². The third-order valence-electron chi connectivity index (χ3n) is 2.40. The average molecular weight is 319 g/mol. The highest BCUT2D eigenvalue weighted by Crippen LogP contribution is 2.28. The molecule has 6 nitrogen and oxygen atoms in total. The zero-order chi connectivity index (χ0) is 14.0. The van der Waals surface area contributed by atoms with E-state index in [1.54, 1.807) is 13.0 Å². The molecule has 104 valence electrons. The highest BCUT2D eigenvalue weighted by Gasteiger charge is 2.20. The van der Waals surface area contributed by atoms with Crippen LogP contribution in [0.1, 0.15) is 22.4 Å². The Morgan fingerprint density at radius 1 is 1.37 bits per heavy atom. The molecule has 0 radical (unpaired) electrons. The molecular weight excluding hydrogens is 306 g/mol. The van der Waals surface area contributed by atoms with Gasteiger partial charge in [0, 0.05) is 4.88 Å². The van der Waals surface area contributed by atoms with Crippen LogP contribution in [0.25, 0.3) is 0 Å². The molecule has 0 aliphatic rings. The van der Waals surface area contributed by atoms with Crippen molar-refractivity contribution in [3.05, 3.63) is 21.5 Å². The summed E-state index contributed by atoms with van der Waals surface area (Å²) >= 11 is 2.27. The number of anilines is 1. The van der Waals surface area contributed by atoms with Gasteiger partial charge in [-0.25, -0.2) is 8.42 Å². The fourth-order valence-corrected chi connectivity index (χ4v) is 4.74. The molecule has 0 fully saturated rings. The average Bonchev–Trinajstić information content (AvgIpc) is 2.95. The van der Waals surface area contributed by atoms with Gasteiger partial charge in [-0.15, -0.1) is 21.5 Å². The first-order valence-corrected chi connectivity index (χ1v) is 8.63. The van der Waals surface area contributed by atoms with E-state index in [1.165, 1.54) is 11.3 Å². The van der Waals surface area contributed by atoms with Gasteiger partial charge in [0.15, 0.2) is 0 Å². The number of hydrogen-bond donors (Lipinski definition) is 2. The van der Waals surface area contributed by atoms with Crippen molar-refractivity contribution in [2.24, 2.45) is 0 Å². The van der Waals surface area contributed by atoms with Gasteiger partial charge in [0.05, 0.1) is 6.61 Å². The van der Waals surface area contributed by atoms with Crippen molar-refractivity contribution in [1.29, 1.82) is 0 Å². The molecule has 0 atom stereocenters. The van der Waals surface area contributed by atoms with Crippen molar-refractivity contribution in [2.75, 3.05) is 4.72 Å². The Morgan fingerprint density at radius 2 is 2.11 bits per heavy atom. The Morgan fingerprint density at radius 3 is 2.63 bits per heavy atom. The van der Waals surface area contributed by atoms with Gasteiger partial charge in [0.2, 0.25) is 5.13 Å². The molecule has 2 aromatic rings. The van der Waals surface area contributed by atoms with Crippen molar-refractivity contribution in [1.82, 2.24) is 10.2 Å². The van der Waals surface area contributed by atoms with E-state index >= 15 is 0 Å². The molecular formula is C10H13N3O3S3. The molecule has 2 N–H and O–H groups in total. The molecule has 0 amide bonds. The van der Waals surface area contributed by atoms with E-state index < -0.39 is 10.0 Å². The van der Waals surface area contributed by atoms with Crippen LogP contribution in [0.15, 0.2) is 10.3 Å². The van der Waals surface area contributed by atoms with Gasteiger partial charge in [0.1, 0.15) is 9.22 Å². The number of aliphatic hydroxyl groups is 1. The quantitative estimate of drug-likeness (QED) is 0.876. The molecule has 2 rings (SSSR count). The summed E-state index contributed by atoms with van der Waals surface area (Å²) in [7, 11) is -3.65. The molecule has 9 heteroatoms. The maximum atomic E-state index is 12.1. The van der Waals surface area contributed by atoms with Gasteiger partial charge in [0.25, 0.3) is 10.0 Å². The molecule has 0 unspecified atom stereocenters. The number of aliphatic hydroxyl groups excluding tert-OH is 1. The predicted molar refractivity (Wildman–Crippen MR) is 75.1 cm³/mol. The Balaban J connectivity index is 2.26. The van der Waals surface area contributed by atoms with Crippen molar-refractivity contribution < 1.29 is 13.5 Å². The number of hydrogen-bond acceptors (Lipinski definition) is 7. The highest BCUT2D eigenvalue weighted by atomic mass is 32.2. The molecule has 0 aliphatic heterocycles. The summed E-state index contributed by atoms with van der Waals surface area (Å²) in [6, 6.07) is 1.54. The molecule has 0 aliphatic carbocycles. The van der Waals surface area contributed by atoms with E-state index in [0.717, 1.165) is 21.9 Å². The largest absolute Gasteiger partial charge is 0.391 e. The number of nitrogens with one attached hydrogen (secondary N) is 1. The number of sulfonamides is 1. The fraction of sp³-hybridized carbons (Fsp3) is 0.400. The number of thiophene rings is 1. The van der Waals surface area contributed by atoms with Gasteiger partial charge in [-0.05, 0) is 25.0 Å². The standard InChI is InChI=1S/C10H13N3O3S3/c1-3-8-11-12-10(18-8)13-19(15,16)9-4-6(2)7(5-14)17-9/h4,14H,3,5H2,1-2H3,(H,12,13). The monoisotopic (exact) mass is 319 g/mol. The second-order valence-corrected chi connectivity index (χ2v) is 7.90. The summed E-state index contributed by atoms with van der Waals surface area (Å²) in [6.07, 6.45) is 0.714. The molecule has 0 aromatic carbocycles. The highest BCUT2D eigenvalue weighted by molar-refractivity contribution is 7.94. The lowest BCUT2D eigenvalue weighted by atomic mass is 10.3. The lowest BCUT2D eigenvalue weighted by molar-refractivity contribution is 0.285. The van der Waals surface area contributed by atoms with Crippen LogP contribution in [0.4, 0.5) is 5.13 Å². The number of nitrogens with zero attached hydrogens (tertiary/aromatic N) is 2. The van der Waals surface area contributed by atoms with Gasteiger partial charge in [-0.2, -0.15) is 0 Å². The van der Waals surface area contributed by atoms with Gasteiger partial charge < -0.3 is 5.11 Å². The van der Waals surface area contributed by atoms with E-state index in [2.05, 4.69) is 14.9 Å². The van der Waals surface area contributed by atoms with Gasteiger partial charge in [-0.3, -0.25) is 4.72 Å². The molecule has 0 saturated heterocycles. The molecule has 19 heavy (non-hydrogen) atoms. The van der Waals surface area contributed by atoms with Crippen LogP contribution in [0.5, 0.6) is 0 Å². The first-order chi connectivity index (χ1) is 8.96. The van der Waals surface area contributed by atoms with Crippen molar-refractivity contribution in [3.8, 4) is 0 Å².